The van der Waals surface area contributed by atoms with Crippen LogP contribution in [0.3, 0.4) is 0 Å². The third-order valence-corrected chi connectivity index (χ3v) is 6.25. The molecule has 0 aliphatic carbocycles. The predicted molar refractivity (Wildman–Crippen MR) is 138 cm³/mol. The molecule has 0 atom stereocenters. The summed E-state index contributed by atoms with van der Waals surface area (Å²) in [6.07, 6.45) is -0.105. The molecule has 9 nitrogen and oxygen atoms in total. The third-order valence-electron chi connectivity index (χ3n) is 6.25. The first-order chi connectivity index (χ1) is 18.7. The number of anilines is 1. The van der Waals surface area contributed by atoms with Gasteiger partial charge in [0.15, 0.2) is 11.5 Å². The van der Waals surface area contributed by atoms with Crippen LogP contribution in [0.25, 0.3) is 11.1 Å². The SMILES string of the molecule is CCOc1cncc(-c2ccccc2CCC(=O)N2CCN(c3ccc(C(=O)NCC(F)(F)F)nn3)CC2)c1. The van der Waals surface area contributed by atoms with Crippen molar-refractivity contribution >= 4 is 17.6 Å². The van der Waals surface area contributed by atoms with Crippen molar-refractivity contribution < 1.29 is 27.5 Å². The van der Waals surface area contributed by atoms with E-state index in [1.165, 1.54) is 6.07 Å². The monoisotopic (exact) mass is 542 g/mol. The van der Waals surface area contributed by atoms with Gasteiger partial charge in [0.05, 0.1) is 12.8 Å². The molecule has 1 aliphatic heterocycles. The maximum Gasteiger partial charge on any atom is 0.405 e. The lowest BCUT2D eigenvalue weighted by Crippen LogP contribution is -2.49. The van der Waals surface area contributed by atoms with Gasteiger partial charge in [-0.05, 0) is 42.7 Å². The number of aromatic nitrogens is 3. The van der Waals surface area contributed by atoms with Gasteiger partial charge < -0.3 is 19.9 Å². The lowest BCUT2D eigenvalue weighted by molar-refractivity contribution is -0.131. The normalized spacial score (nSPS) is 13.7. The van der Waals surface area contributed by atoms with Crippen molar-refractivity contribution in [1.82, 2.24) is 25.4 Å². The summed E-state index contributed by atoms with van der Waals surface area (Å²) in [4.78, 5) is 32.8. The number of amides is 2. The number of carbonyl (C=O) groups is 2. The van der Waals surface area contributed by atoms with Crippen molar-refractivity contribution in [2.75, 3.05) is 44.2 Å². The summed E-state index contributed by atoms with van der Waals surface area (Å²) in [7, 11) is 0. The highest BCUT2D eigenvalue weighted by atomic mass is 19.4. The van der Waals surface area contributed by atoms with Crippen molar-refractivity contribution in [3.63, 3.8) is 0 Å². The molecule has 0 radical (unpaired) electrons. The van der Waals surface area contributed by atoms with Crippen LogP contribution in [0, 0.1) is 0 Å². The molecule has 0 unspecified atom stereocenters. The van der Waals surface area contributed by atoms with Gasteiger partial charge >= 0.3 is 6.18 Å². The number of piperazine rings is 1. The summed E-state index contributed by atoms with van der Waals surface area (Å²) < 4.78 is 42.5. The predicted octanol–water partition coefficient (Wildman–Crippen LogP) is 3.51. The molecule has 1 aromatic carbocycles. The number of pyridine rings is 1. The molecule has 39 heavy (non-hydrogen) atoms. The molecule has 3 heterocycles. The summed E-state index contributed by atoms with van der Waals surface area (Å²) in [5, 5.41) is 9.51. The average molecular weight is 543 g/mol. The number of hydrogen-bond donors (Lipinski definition) is 1. The van der Waals surface area contributed by atoms with E-state index < -0.39 is 18.6 Å². The maximum atomic E-state index is 13.0. The maximum absolute atomic E-state index is 13.0. The second-order valence-electron chi connectivity index (χ2n) is 8.94. The Morgan fingerprint density at radius 1 is 1.03 bits per heavy atom. The summed E-state index contributed by atoms with van der Waals surface area (Å²) in [6, 6.07) is 12.8. The van der Waals surface area contributed by atoms with E-state index in [9.17, 15) is 22.8 Å². The topological polar surface area (TPSA) is 101 Å². The van der Waals surface area contributed by atoms with Gasteiger partial charge in [-0.2, -0.15) is 13.2 Å². The number of nitrogens with one attached hydrogen (secondary N) is 1. The number of halogens is 3. The minimum absolute atomic E-state index is 0.0495. The summed E-state index contributed by atoms with van der Waals surface area (Å²) in [5.41, 5.74) is 2.80. The molecular weight excluding hydrogens is 513 g/mol. The van der Waals surface area contributed by atoms with Crippen molar-refractivity contribution in [2.24, 2.45) is 0 Å². The molecule has 1 saturated heterocycles. The van der Waals surface area contributed by atoms with Crippen LogP contribution in [0.5, 0.6) is 5.75 Å². The van der Waals surface area contributed by atoms with Crippen LogP contribution in [-0.4, -0.2) is 77.4 Å². The van der Waals surface area contributed by atoms with E-state index in [4.69, 9.17) is 4.74 Å². The van der Waals surface area contributed by atoms with Crippen LogP contribution in [-0.2, 0) is 11.2 Å². The van der Waals surface area contributed by atoms with Gasteiger partial charge in [-0.15, -0.1) is 10.2 Å². The van der Waals surface area contributed by atoms with E-state index in [1.54, 1.807) is 23.8 Å². The fraction of sp³-hybridized carbons (Fsp3) is 0.370. The standard InChI is InChI=1S/C27H29F3N6O3/c1-2-39-21-15-20(16-31-17-21)22-6-4-3-5-19(22)7-10-25(37)36-13-11-35(12-14-36)24-9-8-23(33-34-24)26(38)32-18-27(28,29)30/h3-6,8-9,15-17H,2,7,10-14,18H2,1H3,(H,32,38). The zero-order valence-electron chi connectivity index (χ0n) is 21.4. The Bertz CT molecular complexity index is 1280. The molecule has 2 amide bonds. The quantitative estimate of drug-likeness (QED) is 0.442. The minimum atomic E-state index is -4.50. The van der Waals surface area contributed by atoms with E-state index in [0.29, 0.717) is 57.2 Å². The summed E-state index contributed by atoms with van der Waals surface area (Å²) >= 11 is 0. The lowest BCUT2D eigenvalue weighted by Gasteiger charge is -2.35. The van der Waals surface area contributed by atoms with Gasteiger partial charge in [0.2, 0.25) is 5.91 Å². The Hall–Kier alpha value is -4.22. The van der Waals surface area contributed by atoms with Crippen LogP contribution in [0.1, 0.15) is 29.4 Å². The number of ether oxygens (including phenoxy) is 1. The van der Waals surface area contributed by atoms with Gasteiger partial charge in [0.25, 0.3) is 5.91 Å². The van der Waals surface area contributed by atoms with E-state index in [1.807, 2.05) is 47.1 Å². The number of nitrogens with zero attached hydrogens (tertiary/aromatic N) is 5. The number of hydrogen-bond acceptors (Lipinski definition) is 7. The first-order valence-electron chi connectivity index (χ1n) is 12.6. The fourth-order valence-electron chi connectivity index (χ4n) is 4.30. The first-order valence-corrected chi connectivity index (χ1v) is 12.6. The van der Waals surface area contributed by atoms with Crippen molar-refractivity contribution in [2.45, 2.75) is 25.9 Å². The highest BCUT2D eigenvalue weighted by Gasteiger charge is 2.28. The molecule has 2 aromatic heterocycles. The second kappa shape index (κ2) is 12.5. The van der Waals surface area contributed by atoms with Crippen LogP contribution >= 0.6 is 0 Å². The van der Waals surface area contributed by atoms with E-state index >= 15 is 0 Å². The van der Waals surface area contributed by atoms with Gasteiger partial charge in [-0.25, -0.2) is 0 Å². The molecule has 1 N–H and O–H groups in total. The average Bonchev–Trinajstić information content (AvgIpc) is 2.95. The lowest BCUT2D eigenvalue weighted by atomic mass is 9.97. The smallest absolute Gasteiger partial charge is 0.405 e. The van der Waals surface area contributed by atoms with Crippen LogP contribution < -0.4 is 15.0 Å². The molecular formula is C27H29F3N6O3. The number of aryl methyl sites for hydroxylation is 1. The van der Waals surface area contributed by atoms with Gasteiger partial charge in [0, 0.05) is 44.4 Å². The van der Waals surface area contributed by atoms with Crippen LogP contribution in [0.15, 0.2) is 54.9 Å². The van der Waals surface area contributed by atoms with E-state index in [2.05, 4.69) is 15.2 Å². The molecule has 0 bridgehead atoms. The Kier molecular flexibility index (Phi) is 8.95. The summed E-state index contributed by atoms with van der Waals surface area (Å²) in [6.45, 7) is 3.07. The van der Waals surface area contributed by atoms with Crippen molar-refractivity contribution in [1.29, 1.82) is 0 Å². The Morgan fingerprint density at radius 3 is 2.49 bits per heavy atom. The highest BCUT2D eigenvalue weighted by molar-refractivity contribution is 5.92. The van der Waals surface area contributed by atoms with Gasteiger partial charge in [-0.1, -0.05) is 24.3 Å². The molecule has 0 spiro atoms. The Labute approximate surface area is 224 Å². The minimum Gasteiger partial charge on any atom is -0.492 e. The molecule has 4 rings (SSSR count). The molecule has 0 saturated carbocycles. The summed E-state index contributed by atoms with van der Waals surface area (Å²) in [5.74, 6) is 0.295. The Morgan fingerprint density at radius 2 is 1.79 bits per heavy atom. The number of alkyl halides is 3. The molecule has 1 aliphatic rings. The van der Waals surface area contributed by atoms with Crippen molar-refractivity contribution in [3.05, 3.63) is 66.1 Å². The molecule has 1 fully saturated rings. The molecule has 206 valence electrons. The van der Waals surface area contributed by atoms with E-state index in [-0.39, 0.29) is 11.6 Å². The first kappa shape index (κ1) is 27.8. The van der Waals surface area contributed by atoms with Crippen LogP contribution in [0.2, 0.25) is 0 Å². The largest absolute Gasteiger partial charge is 0.492 e. The van der Waals surface area contributed by atoms with Crippen LogP contribution in [0.4, 0.5) is 19.0 Å². The van der Waals surface area contributed by atoms with Crippen molar-refractivity contribution in [3.8, 4) is 16.9 Å². The molecule has 12 heteroatoms. The zero-order chi connectivity index (χ0) is 27.8. The zero-order valence-corrected chi connectivity index (χ0v) is 21.4. The fourth-order valence-corrected chi connectivity index (χ4v) is 4.30. The molecule has 3 aromatic rings. The van der Waals surface area contributed by atoms with Gasteiger partial charge in [0.1, 0.15) is 12.3 Å². The second-order valence-corrected chi connectivity index (χ2v) is 8.94. The third kappa shape index (κ3) is 7.65. The van der Waals surface area contributed by atoms with Gasteiger partial charge in [-0.3, -0.25) is 14.6 Å². The Balaban J connectivity index is 1.29. The van der Waals surface area contributed by atoms with E-state index in [0.717, 1.165) is 16.7 Å². The number of rotatable bonds is 9. The number of benzene rings is 1. The number of carbonyl (C=O) groups excluding carboxylic acids is 2. The highest BCUT2D eigenvalue weighted by Crippen LogP contribution is 2.27.